The maximum atomic E-state index is 11.5. The van der Waals surface area contributed by atoms with Crippen molar-refractivity contribution in [3.63, 3.8) is 0 Å². The number of hydrogen-bond acceptors (Lipinski definition) is 6. The number of esters is 1. The van der Waals surface area contributed by atoms with E-state index in [-0.39, 0.29) is 5.69 Å². The third-order valence-electron chi connectivity index (χ3n) is 2.51. The Morgan fingerprint density at radius 3 is 2.95 bits per heavy atom. The summed E-state index contributed by atoms with van der Waals surface area (Å²) in [4.78, 5) is 16.4. The van der Waals surface area contributed by atoms with Gasteiger partial charge in [0, 0.05) is 4.88 Å². The number of methoxy groups -OCH3 is 1. The van der Waals surface area contributed by atoms with E-state index in [9.17, 15) is 4.79 Å². The average Bonchev–Trinajstić information content (AvgIpc) is 2.81. The van der Waals surface area contributed by atoms with Crippen LogP contribution in [-0.4, -0.2) is 18.1 Å². The SMILES string of the molecule is COC(=O)c1nc(Nc2cc(C#N)ccc2Cl)sc1C. The smallest absolute Gasteiger partial charge is 0.357 e. The molecule has 0 unspecified atom stereocenters. The van der Waals surface area contributed by atoms with E-state index in [2.05, 4.69) is 15.0 Å². The van der Waals surface area contributed by atoms with Crippen molar-refractivity contribution in [2.45, 2.75) is 6.92 Å². The zero-order valence-electron chi connectivity index (χ0n) is 10.7. The van der Waals surface area contributed by atoms with Crippen LogP contribution in [-0.2, 0) is 4.74 Å². The van der Waals surface area contributed by atoms with Crippen molar-refractivity contribution < 1.29 is 9.53 Å². The molecular weight excluding hydrogens is 298 g/mol. The van der Waals surface area contributed by atoms with E-state index in [0.29, 0.717) is 21.4 Å². The van der Waals surface area contributed by atoms with Crippen LogP contribution in [0.2, 0.25) is 5.02 Å². The predicted molar refractivity (Wildman–Crippen MR) is 77.6 cm³/mol. The lowest BCUT2D eigenvalue weighted by Crippen LogP contribution is -2.03. The highest BCUT2D eigenvalue weighted by atomic mass is 35.5. The van der Waals surface area contributed by atoms with E-state index >= 15 is 0 Å². The van der Waals surface area contributed by atoms with Gasteiger partial charge in [-0.1, -0.05) is 11.6 Å². The third-order valence-corrected chi connectivity index (χ3v) is 3.73. The number of thiazole rings is 1. The Hall–Kier alpha value is -2.10. The summed E-state index contributed by atoms with van der Waals surface area (Å²) in [7, 11) is 1.31. The van der Waals surface area contributed by atoms with Crippen LogP contribution < -0.4 is 5.32 Å². The lowest BCUT2D eigenvalue weighted by molar-refractivity contribution is 0.0594. The number of nitriles is 1. The minimum absolute atomic E-state index is 0.271. The molecule has 0 aliphatic carbocycles. The molecule has 0 atom stereocenters. The second kappa shape index (κ2) is 5.90. The molecule has 1 N–H and O–H groups in total. The zero-order valence-corrected chi connectivity index (χ0v) is 12.3. The number of aryl methyl sites for hydroxylation is 1. The van der Waals surface area contributed by atoms with Crippen molar-refractivity contribution in [1.82, 2.24) is 4.98 Å². The standard InChI is InChI=1S/C13H10ClN3O2S/c1-7-11(12(18)19-2)17-13(20-7)16-10-5-8(6-15)3-4-9(10)14/h3-5H,1-2H3,(H,16,17). The molecule has 0 aliphatic heterocycles. The number of ether oxygens (including phenoxy) is 1. The number of nitrogens with zero attached hydrogens (tertiary/aromatic N) is 2. The quantitative estimate of drug-likeness (QED) is 0.878. The van der Waals surface area contributed by atoms with Gasteiger partial charge < -0.3 is 10.1 Å². The van der Waals surface area contributed by atoms with E-state index in [1.165, 1.54) is 18.4 Å². The Labute approximate surface area is 124 Å². The summed E-state index contributed by atoms with van der Waals surface area (Å²) in [6, 6.07) is 6.91. The van der Waals surface area contributed by atoms with Gasteiger partial charge in [0.2, 0.25) is 0 Å². The van der Waals surface area contributed by atoms with Crippen LogP contribution in [0, 0.1) is 18.3 Å². The number of halogens is 1. The molecule has 5 nitrogen and oxygen atoms in total. The van der Waals surface area contributed by atoms with Gasteiger partial charge in [-0.2, -0.15) is 5.26 Å². The molecule has 102 valence electrons. The highest BCUT2D eigenvalue weighted by Crippen LogP contribution is 2.30. The van der Waals surface area contributed by atoms with Gasteiger partial charge in [-0.3, -0.25) is 0 Å². The van der Waals surface area contributed by atoms with Crippen molar-refractivity contribution in [3.05, 3.63) is 39.4 Å². The fourth-order valence-corrected chi connectivity index (χ4v) is 2.52. The largest absolute Gasteiger partial charge is 0.464 e. The highest BCUT2D eigenvalue weighted by Gasteiger charge is 2.16. The van der Waals surface area contributed by atoms with Crippen molar-refractivity contribution in [2.24, 2.45) is 0 Å². The normalized spacial score (nSPS) is 9.90. The number of hydrogen-bond donors (Lipinski definition) is 1. The summed E-state index contributed by atoms with van der Waals surface area (Å²) >= 11 is 7.36. The van der Waals surface area contributed by atoms with Gasteiger partial charge in [0.1, 0.15) is 0 Å². The monoisotopic (exact) mass is 307 g/mol. The zero-order chi connectivity index (χ0) is 14.7. The van der Waals surface area contributed by atoms with Gasteiger partial charge in [-0.15, -0.1) is 11.3 Å². The Balaban J connectivity index is 2.31. The Morgan fingerprint density at radius 2 is 2.30 bits per heavy atom. The van der Waals surface area contributed by atoms with Crippen LogP contribution in [0.5, 0.6) is 0 Å². The van der Waals surface area contributed by atoms with E-state index in [1.807, 2.05) is 6.07 Å². The van der Waals surface area contributed by atoms with E-state index in [1.54, 1.807) is 25.1 Å². The molecule has 2 aromatic rings. The Morgan fingerprint density at radius 1 is 1.55 bits per heavy atom. The first kappa shape index (κ1) is 14.3. The number of anilines is 2. The first-order chi connectivity index (χ1) is 9.55. The fourth-order valence-electron chi connectivity index (χ4n) is 1.54. The molecule has 1 aromatic carbocycles. The van der Waals surface area contributed by atoms with Crippen molar-refractivity contribution >= 4 is 39.7 Å². The molecule has 0 saturated heterocycles. The maximum absolute atomic E-state index is 11.5. The predicted octanol–water partition coefficient (Wildman–Crippen LogP) is 3.51. The molecule has 2 rings (SSSR count). The number of carbonyl (C=O) groups is 1. The molecule has 1 heterocycles. The highest BCUT2D eigenvalue weighted by molar-refractivity contribution is 7.15. The molecule has 0 radical (unpaired) electrons. The molecule has 20 heavy (non-hydrogen) atoms. The van der Waals surface area contributed by atoms with Gasteiger partial charge >= 0.3 is 5.97 Å². The molecule has 7 heteroatoms. The van der Waals surface area contributed by atoms with E-state index < -0.39 is 5.97 Å². The number of nitrogens with one attached hydrogen (secondary N) is 1. The van der Waals surface area contributed by atoms with Gasteiger partial charge in [0.25, 0.3) is 0 Å². The molecular formula is C13H10ClN3O2S. The van der Waals surface area contributed by atoms with Crippen LogP contribution >= 0.6 is 22.9 Å². The minimum atomic E-state index is -0.483. The summed E-state index contributed by atoms with van der Waals surface area (Å²) in [6.45, 7) is 1.78. The Bertz CT molecular complexity index is 706. The topological polar surface area (TPSA) is 75.0 Å². The molecule has 0 bridgehead atoms. The molecule has 1 aromatic heterocycles. The lowest BCUT2D eigenvalue weighted by atomic mass is 10.2. The van der Waals surface area contributed by atoms with Crippen molar-refractivity contribution in [1.29, 1.82) is 5.26 Å². The van der Waals surface area contributed by atoms with E-state index in [4.69, 9.17) is 16.9 Å². The van der Waals surface area contributed by atoms with Gasteiger partial charge in [-0.05, 0) is 25.1 Å². The second-order valence-electron chi connectivity index (χ2n) is 3.85. The van der Waals surface area contributed by atoms with E-state index in [0.717, 1.165) is 4.88 Å². The Kier molecular flexibility index (Phi) is 4.23. The lowest BCUT2D eigenvalue weighted by Gasteiger charge is -2.05. The average molecular weight is 308 g/mol. The van der Waals surface area contributed by atoms with Crippen LogP contribution in [0.4, 0.5) is 10.8 Å². The molecule has 0 saturated carbocycles. The number of aromatic nitrogens is 1. The maximum Gasteiger partial charge on any atom is 0.357 e. The summed E-state index contributed by atoms with van der Waals surface area (Å²) < 4.78 is 4.65. The van der Waals surface area contributed by atoms with Crippen LogP contribution in [0.25, 0.3) is 0 Å². The molecule has 0 aliphatic rings. The van der Waals surface area contributed by atoms with Crippen molar-refractivity contribution in [2.75, 3.05) is 12.4 Å². The fraction of sp³-hybridized carbons (Fsp3) is 0.154. The van der Waals surface area contributed by atoms with Gasteiger partial charge in [-0.25, -0.2) is 9.78 Å². The molecule has 0 spiro atoms. The molecule has 0 amide bonds. The minimum Gasteiger partial charge on any atom is -0.464 e. The number of rotatable bonds is 3. The molecule has 0 fully saturated rings. The third kappa shape index (κ3) is 2.90. The summed E-state index contributed by atoms with van der Waals surface area (Å²) in [5, 5.41) is 12.9. The van der Waals surface area contributed by atoms with Crippen molar-refractivity contribution in [3.8, 4) is 6.07 Å². The first-order valence-electron chi connectivity index (χ1n) is 5.57. The number of carbonyl (C=O) groups excluding carboxylic acids is 1. The number of benzene rings is 1. The van der Waals surface area contributed by atoms with Crippen LogP contribution in [0.3, 0.4) is 0 Å². The summed E-state index contributed by atoms with van der Waals surface area (Å²) in [5.41, 5.74) is 1.32. The van der Waals surface area contributed by atoms with Gasteiger partial charge in [0.15, 0.2) is 10.8 Å². The van der Waals surface area contributed by atoms with Gasteiger partial charge in [0.05, 0.1) is 29.5 Å². The van der Waals surface area contributed by atoms with Crippen LogP contribution in [0.1, 0.15) is 20.9 Å². The first-order valence-corrected chi connectivity index (χ1v) is 6.77. The second-order valence-corrected chi connectivity index (χ2v) is 5.46. The van der Waals surface area contributed by atoms with Crippen LogP contribution in [0.15, 0.2) is 18.2 Å². The summed E-state index contributed by atoms with van der Waals surface area (Å²) in [6.07, 6.45) is 0. The summed E-state index contributed by atoms with van der Waals surface area (Å²) in [5.74, 6) is -0.483.